The third-order valence-electron chi connectivity index (χ3n) is 5.56. The molecule has 31 heavy (non-hydrogen) atoms. The number of aliphatic imine (C=N–C) groups is 1. The number of rotatable bonds is 6. The quantitative estimate of drug-likeness (QED) is 0.460. The average molecular weight is 418 g/mol. The largest absolute Gasteiger partial charge is 0.439 e. The molecule has 0 radical (unpaired) electrons. The minimum absolute atomic E-state index is 0.407. The van der Waals surface area contributed by atoms with Gasteiger partial charge in [0.2, 0.25) is 5.89 Å². The van der Waals surface area contributed by atoms with Crippen molar-refractivity contribution >= 4 is 11.6 Å². The zero-order valence-electron chi connectivity index (χ0n) is 18.3. The molecule has 0 spiro atoms. The Morgan fingerprint density at radius 3 is 2.55 bits per heavy atom. The molecule has 162 valence electrons. The van der Waals surface area contributed by atoms with Crippen molar-refractivity contribution < 1.29 is 4.42 Å². The average Bonchev–Trinajstić information content (AvgIpc) is 3.28. The zero-order chi connectivity index (χ0) is 21.5. The molecule has 3 aromatic rings. The summed E-state index contributed by atoms with van der Waals surface area (Å²) in [6.45, 7) is 7.46. The molecule has 4 rings (SSSR count). The number of nitrogens with zero attached hydrogens (tertiary/aromatic N) is 3. The number of aromatic nitrogens is 1. The van der Waals surface area contributed by atoms with E-state index < -0.39 is 0 Å². The van der Waals surface area contributed by atoms with Crippen molar-refractivity contribution in [2.24, 2.45) is 4.99 Å². The number of hydrogen-bond acceptors (Lipinski definition) is 4. The molecule has 2 N–H and O–H groups in total. The highest BCUT2D eigenvalue weighted by molar-refractivity contribution is 5.80. The van der Waals surface area contributed by atoms with E-state index in [-0.39, 0.29) is 0 Å². The first kappa shape index (κ1) is 21.0. The summed E-state index contributed by atoms with van der Waals surface area (Å²) in [7, 11) is 0. The van der Waals surface area contributed by atoms with Gasteiger partial charge in [-0.3, -0.25) is 0 Å². The van der Waals surface area contributed by atoms with Crippen LogP contribution in [0.4, 0.5) is 5.69 Å². The maximum absolute atomic E-state index is 5.91. The second-order valence-electron chi connectivity index (χ2n) is 7.92. The van der Waals surface area contributed by atoms with Crippen LogP contribution in [0.25, 0.3) is 11.3 Å². The van der Waals surface area contributed by atoms with Crippen LogP contribution in [0, 0.1) is 6.92 Å². The fourth-order valence-corrected chi connectivity index (χ4v) is 3.82. The molecule has 1 aromatic heterocycles. The predicted octanol–water partition coefficient (Wildman–Crippen LogP) is 4.37. The molecular formula is C25H31N5O. The number of piperidine rings is 1. The summed E-state index contributed by atoms with van der Waals surface area (Å²) in [6.07, 6.45) is 3.93. The van der Waals surface area contributed by atoms with Crippen molar-refractivity contribution in [1.29, 1.82) is 0 Å². The van der Waals surface area contributed by atoms with Gasteiger partial charge in [0.25, 0.3) is 0 Å². The summed E-state index contributed by atoms with van der Waals surface area (Å²) >= 11 is 0. The van der Waals surface area contributed by atoms with Gasteiger partial charge in [0.05, 0.1) is 6.20 Å². The smallest absolute Gasteiger partial charge is 0.216 e. The second kappa shape index (κ2) is 10.2. The predicted molar refractivity (Wildman–Crippen MR) is 126 cm³/mol. The Balaban J connectivity index is 1.33. The second-order valence-corrected chi connectivity index (χ2v) is 7.92. The van der Waals surface area contributed by atoms with Gasteiger partial charge in [-0.2, -0.15) is 0 Å². The lowest BCUT2D eigenvalue weighted by Gasteiger charge is -2.34. The van der Waals surface area contributed by atoms with Gasteiger partial charge < -0.3 is 20.0 Å². The molecule has 0 bridgehead atoms. The maximum atomic E-state index is 5.91. The molecule has 0 amide bonds. The minimum atomic E-state index is 0.407. The van der Waals surface area contributed by atoms with Crippen molar-refractivity contribution in [3.63, 3.8) is 0 Å². The van der Waals surface area contributed by atoms with E-state index in [1.54, 1.807) is 6.20 Å². The first-order valence-corrected chi connectivity index (χ1v) is 11.1. The molecule has 6 nitrogen and oxygen atoms in total. The van der Waals surface area contributed by atoms with Crippen molar-refractivity contribution in [3.05, 3.63) is 72.2 Å². The summed E-state index contributed by atoms with van der Waals surface area (Å²) in [6, 6.07) is 19.3. The standard InChI is InChI=1S/C25H31N5O/c1-3-26-25(29-21-13-15-30(16-14-21)22-7-5-4-6-8-22)28-18-24-27-17-23(31-24)20-11-9-19(2)10-12-20/h4-12,17,21H,3,13-16,18H2,1-2H3,(H2,26,28,29). The Morgan fingerprint density at radius 1 is 1.10 bits per heavy atom. The van der Waals surface area contributed by atoms with E-state index in [4.69, 9.17) is 9.41 Å². The van der Waals surface area contributed by atoms with Crippen LogP contribution < -0.4 is 15.5 Å². The monoisotopic (exact) mass is 417 g/mol. The molecule has 0 saturated carbocycles. The zero-order valence-corrected chi connectivity index (χ0v) is 18.3. The number of guanidine groups is 1. The molecule has 1 aliphatic rings. The fourth-order valence-electron chi connectivity index (χ4n) is 3.82. The number of anilines is 1. The van der Waals surface area contributed by atoms with Crippen LogP contribution in [0.1, 0.15) is 31.2 Å². The lowest BCUT2D eigenvalue weighted by molar-refractivity contribution is 0.460. The van der Waals surface area contributed by atoms with Crippen molar-refractivity contribution in [1.82, 2.24) is 15.6 Å². The van der Waals surface area contributed by atoms with Gasteiger partial charge in [0.1, 0.15) is 6.54 Å². The van der Waals surface area contributed by atoms with E-state index in [0.29, 0.717) is 18.5 Å². The van der Waals surface area contributed by atoms with Crippen LogP contribution >= 0.6 is 0 Å². The molecule has 0 unspecified atom stereocenters. The molecule has 0 atom stereocenters. The number of hydrogen-bond donors (Lipinski definition) is 2. The molecule has 2 heterocycles. The van der Waals surface area contributed by atoms with Crippen molar-refractivity contribution in [2.45, 2.75) is 39.3 Å². The maximum Gasteiger partial charge on any atom is 0.216 e. The van der Waals surface area contributed by atoms with E-state index >= 15 is 0 Å². The van der Waals surface area contributed by atoms with Gasteiger partial charge in [-0.1, -0.05) is 48.0 Å². The van der Waals surface area contributed by atoms with Crippen LogP contribution in [-0.4, -0.2) is 36.6 Å². The van der Waals surface area contributed by atoms with Gasteiger partial charge >= 0.3 is 0 Å². The minimum Gasteiger partial charge on any atom is -0.439 e. The summed E-state index contributed by atoms with van der Waals surface area (Å²) in [5, 5.41) is 6.93. The van der Waals surface area contributed by atoms with Crippen molar-refractivity contribution in [3.8, 4) is 11.3 Å². The Morgan fingerprint density at radius 2 is 1.84 bits per heavy atom. The Kier molecular flexibility index (Phi) is 6.87. The van der Waals surface area contributed by atoms with Gasteiger partial charge in [-0.05, 0) is 38.8 Å². The summed E-state index contributed by atoms with van der Waals surface area (Å²) in [5.41, 5.74) is 3.56. The number of aryl methyl sites for hydroxylation is 1. The van der Waals surface area contributed by atoms with Crippen LogP contribution in [0.5, 0.6) is 0 Å². The number of oxazole rings is 1. The third-order valence-corrected chi connectivity index (χ3v) is 5.56. The first-order chi connectivity index (χ1) is 15.2. The molecule has 6 heteroatoms. The van der Waals surface area contributed by atoms with E-state index in [2.05, 4.69) is 89.0 Å². The van der Waals surface area contributed by atoms with Gasteiger partial charge in [-0.25, -0.2) is 9.98 Å². The molecular weight excluding hydrogens is 386 g/mol. The fraction of sp³-hybridized carbons (Fsp3) is 0.360. The lowest BCUT2D eigenvalue weighted by Crippen LogP contribution is -2.48. The van der Waals surface area contributed by atoms with Crippen LogP contribution in [0.3, 0.4) is 0 Å². The number of nitrogens with one attached hydrogen (secondary N) is 2. The van der Waals surface area contributed by atoms with E-state index in [9.17, 15) is 0 Å². The summed E-state index contributed by atoms with van der Waals surface area (Å²) < 4.78 is 5.91. The molecule has 1 saturated heterocycles. The van der Waals surface area contributed by atoms with Crippen LogP contribution in [-0.2, 0) is 6.54 Å². The van der Waals surface area contributed by atoms with E-state index in [1.807, 2.05) is 0 Å². The van der Waals surface area contributed by atoms with E-state index in [0.717, 1.165) is 49.8 Å². The molecule has 1 fully saturated rings. The lowest BCUT2D eigenvalue weighted by atomic mass is 10.0. The highest BCUT2D eigenvalue weighted by atomic mass is 16.4. The highest BCUT2D eigenvalue weighted by Gasteiger charge is 2.20. The Labute approximate surface area is 184 Å². The van der Waals surface area contributed by atoms with E-state index in [1.165, 1.54) is 11.3 Å². The van der Waals surface area contributed by atoms with Gasteiger partial charge in [-0.15, -0.1) is 0 Å². The van der Waals surface area contributed by atoms with Crippen LogP contribution in [0.2, 0.25) is 0 Å². The SMILES string of the molecule is CCNC(=NCc1ncc(-c2ccc(C)cc2)o1)NC1CCN(c2ccccc2)CC1. The third kappa shape index (κ3) is 5.66. The number of para-hydroxylation sites is 1. The normalized spacial score (nSPS) is 15.2. The summed E-state index contributed by atoms with van der Waals surface area (Å²) in [5.74, 6) is 2.21. The number of benzene rings is 2. The van der Waals surface area contributed by atoms with Crippen LogP contribution in [0.15, 0.2) is 70.2 Å². The molecule has 1 aliphatic heterocycles. The topological polar surface area (TPSA) is 65.7 Å². The first-order valence-electron chi connectivity index (χ1n) is 11.1. The highest BCUT2D eigenvalue weighted by Crippen LogP contribution is 2.21. The van der Waals surface area contributed by atoms with Gasteiger partial charge in [0, 0.05) is 36.9 Å². The Hall–Kier alpha value is -3.28. The summed E-state index contributed by atoms with van der Waals surface area (Å²) in [4.78, 5) is 11.5. The van der Waals surface area contributed by atoms with Gasteiger partial charge in [0.15, 0.2) is 11.7 Å². The molecule has 0 aliphatic carbocycles. The molecule has 2 aromatic carbocycles. The van der Waals surface area contributed by atoms with Crippen molar-refractivity contribution in [2.75, 3.05) is 24.5 Å². The Bertz CT molecular complexity index is 973.